The van der Waals surface area contributed by atoms with Crippen LogP contribution in [0.4, 0.5) is 5.82 Å². The zero-order valence-corrected chi connectivity index (χ0v) is 10.0. The lowest BCUT2D eigenvalue weighted by molar-refractivity contribution is 0.507. The number of anilines is 1. The summed E-state index contributed by atoms with van der Waals surface area (Å²) in [5.41, 5.74) is 6.60. The minimum absolute atomic E-state index is 0.126. The number of hydrogen-bond donors (Lipinski definition) is 2. The van der Waals surface area contributed by atoms with Crippen molar-refractivity contribution >= 4 is 11.5 Å². The average molecular weight is 235 g/mol. The van der Waals surface area contributed by atoms with Gasteiger partial charge in [-0.25, -0.2) is 0 Å². The van der Waals surface area contributed by atoms with Crippen molar-refractivity contribution in [2.75, 3.05) is 11.9 Å². The smallest absolute Gasteiger partial charge is 0.200 e. The number of nitrogens with zero attached hydrogens (tertiary/aromatic N) is 5. The van der Waals surface area contributed by atoms with Gasteiger partial charge >= 0.3 is 0 Å². The summed E-state index contributed by atoms with van der Waals surface area (Å²) in [4.78, 5) is 0. The highest BCUT2D eigenvalue weighted by molar-refractivity contribution is 5.42. The van der Waals surface area contributed by atoms with E-state index in [0.717, 1.165) is 12.2 Å². The topological polar surface area (TPSA) is 94.0 Å². The first-order valence-corrected chi connectivity index (χ1v) is 5.70. The molecular formula is C10H17N7. The van der Waals surface area contributed by atoms with Crippen molar-refractivity contribution in [3.05, 3.63) is 12.1 Å². The summed E-state index contributed by atoms with van der Waals surface area (Å²) in [6.07, 6.45) is 0.986. The molecule has 2 heterocycles. The predicted octanol–water partition coefficient (Wildman–Crippen LogP) is 0.305. The first-order chi connectivity index (χ1) is 8.15. The molecule has 0 bridgehead atoms. The summed E-state index contributed by atoms with van der Waals surface area (Å²) in [6.45, 7) is 5.01. The molecule has 2 aromatic rings. The molecule has 0 saturated carbocycles. The van der Waals surface area contributed by atoms with Crippen LogP contribution in [0.1, 0.15) is 20.3 Å². The van der Waals surface area contributed by atoms with Crippen LogP contribution in [0, 0.1) is 5.92 Å². The molecular weight excluding hydrogens is 218 g/mol. The second-order valence-corrected chi connectivity index (χ2v) is 4.52. The predicted molar refractivity (Wildman–Crippen MR) is 64.5 cm³/mol. The van der Waals surface area contributed by atoms with E-state index in [1.165, 1.54) is 4.63 Å². The molecule has 0 amide bonds. The standard InChI is InChI=1S/C10H17N7/c1-7(2)5-8(11)6-12-9-3-4-10-13-15-16-17(10)14-9/h3-4,7-8H,5-6,11H2,1-2H3,(H,12,14). The number of nitrogens with one attached hydrogen (secondary N) is 1. The Morgan fingerprint density at radius 1 is 1.41 bits per heavy atom. The Bertz CT molecular complexity index is 478. The number of tetrazole rings is 1. The van der Waals surface area contributed by atoms with Gasteiger partial charge in [0, 0.05) is 12.6 Å². The zero-order chi connectivity index (χ0) is 12.3. The third kappa shape index (κ3) is 3.10. The van der Waals surface area contributed by atoms with Gasteiger partial charge in [-0.3, -0.25) is 0 Å². The summed E-state index contributed by atoms with van der Waals surface area (Å²) in [6, 6.07) is 3.78. The molecule has 2 aromatic heterocycles. The molecule has 2 rings (SSSR count). The molecule has 1 atom stereocenters. The van der Waals surface area contributed by atoms with Gasteiger partial charge in [-0.1, -0.05) is 13.8 Å². The molecule has 7 heteroatoms. The molecule has 0 radical (unpaired) electrons. The maximum absolute atomic E-state index is 5.98. The van der Waals surface area contributed by atoms with Gasteiger partial charge in [-0.05, 0) is 34.9 Å². The van der Waals surface area contributed by atoms with Crippen molar-refractivity contribution in [1.29, 1.82) is 0 Å². The van der Waals surface area contributed by atoms with Crippen molar-refractivity contribution in [3.8, 4) is 0 Å². The average Bonchev–Trinajstić information content (AvgIpc) is 2.72. The Morgan fingerprint density at radius 3 is 3.00 bits per heavy atom. The molecule has 0 fully saturated rings. The third-order valence-electron chi connectivity index (χ3n) is 2.39. The fourth-order valence-electron chi connectivity index (χ4n) is 1.67. The minimum atomic E-state index is 0.126. The van der Waals surface area contributed by atoms with Gasteiger partial charge in [0.15, 0.2) is 5.65 Å². The van der Waals surface area contributed by atoms with Gasteiger partial charge in [-0.2, -0.15) is 0 Å². The molecule has 0 spiro atoms. The number of hydrogen-bond acceptors (Lipinski definition) is 6. The monoisotopic (exact) mass is 235 g/mol. The molecule has 0 aliphatic heterocycles. The van der Waals surface area contributed by atoms with Gasteiger partial charge in [0.05, 0.1) is 0 Å². The van der Waals surface area contributed by atoms with Gasteiger partial charge in [0.2, 0.25) is 0 Å². The Kier molecular flexibility index (Phi) is 3.48. The van der Waals surface area contributed by atoms with Crippen LogP contribution in [-0.2, 0) is 0 Å². The lowest BCUT2D eigenvalue weighted by Crippen LogP contribution is -2.30. The second-order valence-electron chi connectivity index (χ2n) is 4.52. The lowest BCUT2D eigenvalue weighted by atomic mass is 10.0. The van der Waals surface area contributed by atoms with Crippen LogP contribution >= 0.6 is 0 Å². The number of aromatic nitrogens is 5. The van der Waals surface area contributed by atoms with Crippen LogP contribution < -0.4 is 11.1 Å². The van der Waals surface area contributed by atoms with Gasteiger partial charge in [0.25, 0.3) is 0 Å². The highest BCUT2D eigenvalue weighted by Gasteiger charge is 2.06. The number of fused-ring (bicyclic) bond motifs is 1. The number of rotatable bonds is 5. The van der Waals surface area contributed by atoms with Crippen molar-refractivity contribution in [2.45, 2.75) is 26.3 Å². The first-order valence-electron chi connectivity index (χ1n) is 5.70. The zero-order valence-electron chi connectivity index (χ0n) is 10.0. The highest BCUT2D eigenvalue weighted by Crippen LogP contribution is 2.06. The van der Waals surface area contributed by atoms with Crippen molar-refractivity contribution in [1.82, 2.24) is 25.3 Å². The van der Waals surface area contributed by atoms with Gasteiger partial charge < -0.3 is 11.1 Å². The molecule has 17 heavy (non-hydrogen) atoms. The van der Waals surface area contributed by atoms with Crippen molar-refractivity contribution in [3.63, 3.8) is 0 Å². The van der Waals surface area contributed by atoms with Crippen LogP contribution in [0.25, 0.3) is 5.65 Å². The summed E-state index contributed by atoms with van der Waals surface area (Å²) < 4.78 is 1.39. The molecule has 92 valence electrons. The van der Waals surface area contributed by atoms with Crippen LogP contribution in [-0.4, -0.2) is 37.8 Å². The molecule has 0 saturated heterocycles. The van der Waals surface area contributed by atoms with E-state index in [4.69, 9.17) is 5.73 Å². The van der Waals surface area contributed by atoms with E-state index < -0.39 is 0 Å². The van der Waals surface area contributed by atoms with Crippen LogP contribution in [0.3, 0.4) is 0 Å². The fourth-order valence-corrected chi connectivity index (χ4v) is 1.67. The maximum atomic E-state index is 5.98. The summed E-state index contributed by atoms with van der Waals surface area (Å²) in [5.74, 6) is 1.32. The molecule has 0 aliphatic carbocycles. The van der Waals surface area contributed by atoms with E-state index in [1.807, 2.05) is 12.1 Å². The Morgan fingerprint density at radius 2 is 2.24 bits per heavy atom. The van der Waals surface area contributed by atoms with Crippen LogP contribution in [0.15, 0.2) is 12.1 Å². The molecule has 1 unspecified atom stereocenters. The molecule has 0 aromatic carbocycles. The van der Waals surface area contributed by atoms with Gasteiger partial charge in [-0.15, -0.1) is 14.8 Å². The summed E-state index contributed by atoms with van der Waals surface area (Å²) in [7, 11) is 0. The first kappa shape index (κ1) is 11.7. The summed E-state index contributed by atoms with van der Waals surface area (Å²) >= 11 is 0. The Balaban J connectivity index is 1.94. The highest BCUT2D eigenvalue weighted by atomic mass is 15.6. The maximum Gasteiger partial charge on any atom is 0.200 e. The van der Waals surface area contributed by atoms with Crippen molar-refractivity contribution in [2.24, 2.45) is 11.7 Å². The SMILES string of the molecule is CC(C)CC(N)CNc1ccc2nnnn2n1. The van der Waals surface area contributed by atoms with Crippen LogP contribution in [0.2, 0.25) is 0 Å². The fraction of sp³-hybridized carbons (Fsp3) is 0.600. The number of nitrogens with two attached hydrogens (primary N) is 1. The second kappa shape index (κ2) is 5.05. The van der Waals surface area contributed by atoms with E-state index in [2.05, 4.69) is 39.8 Å². The molecule has 0 aliphatic rings. The largest absolute Gasteiger partial charge is 0.367 e. The molecule has 3 N–H and O–H groups in total. The quantitative estimate of drug-likeness (QED) is 0.774. The van der Waals surface area contributed by atoms with E-state index in [0.29, 0.717) is 18.1 Å². The van der Waals surface area contributed by atoms with Gasteiger partial charge in [0.1, 0.15) is 5.82 Å². The van der Waals surface area contributed by atoms with Crippen molar-refractivity contribution < 1.29 is 0 Å². The third-order valence-corrected chi connectivity index (χ3v) is 2.39. The van der Waals surface area contributed by atoms with E-state index in [-0.39, 0.29) is 6.04 Å². The Labute approximate surface area is 99.4 Å². The van der Waals surface area contributed by atoms with E-state index >= 15 is 0 Å². The summed E-state index contributed by atoms with van der Waals surface area (Å²) in [5, 5.41) is 18.4. The molecule has 7 nitrogen and oxygen atoms in total. The van der Waals surface area contributed by atoms with E-state index in [1.54, 1.807) is 0 Å². The minimum Gasteiger partial charge on any atom is -0.367 e. The lowest BCUT2D eigenvalue weighted by Gasteiger charge is -2.14. The van der Waals surface area contributed by atoms with Crippen LogP contribution in [0.5, 0.6) is 0 Å². The van der Waals surface area contributed by atoms with E-state index in [9.17, 15) is 0 Å². The Hall–Kier alpha value is -1.76. The normalized spacial score (nSPS) is 13.2.